The molecule has 0 fully saturated rings. The highest BCUT2D eigenvalue weighted by atomic mass is 32.2. The molecular formula is C22H24FN3OS. The number of nitrogens with one attached hydrogen (secondary N) is 1. The van der Waals surface area contributed by atoms with Crippen LogP contribution >= 0.6 is 0 Å². The molecule has 0 aliphatic carbocycles. The lowest BCUT2D eigenvalue weighted by atomic mass is 10.1. The second kappa shape index (κ2) is 9.46. The summed E-state index contributed by atoms with van der Waals surface area (Å²) in [5.41, 5.74) is 3.59. The molecule has 0 amide bonds. The Morgan fingerprint density at radius 2 is 1.93 bits per heavy atom. The van der Waals surface area contributed by atoms with Gasteiger partial charge in [0.2, 0.25) is 5.88 Å². The largest absolute Gasteiger partial charge is 0.481 e. The molecule has 0 bridgehead atoms. The standard InChI is InChI=1S/C22H24FN3OS/c1-4-28(26-18-12-13-21(27-3)24-15-18)20-11-7-10-19(23)22(20)25-14-17-9-6-5-8-16(17)2/h5-13,15,25H,4,14H2,1-3H3. The first kappa shape index (κ1) is 20.0. The molecule has 1 atom stereocenters. The first-order valence-corrected chi connectivity index (χ1v) is 10.5. The predicted molar refractivity (Wildman–Crippen MR) is 114 cm³/mol. The van der Waals surface area contributed by atoms with Crippen molar-refractivity contribution >= 4 is 22.1 Å². The minimum atomic E-state index is -0.498. The monoisotopic (exact) mass is 397 g/mol. The number of benzene rings is 2. The van der Waals surface area contributed by atoms with E-state index in [4.69, 9.17) is 9.10 Å². The van der Waals surface area contributed by atoms with E-state index in [-0.39, 0.29) is 5.82 Å². The Bertz CT molecular complexity index is 974. The average Bonchev–Trinajstić information content (AvgIpc) is 2.72. The van der Waals surface area contributed by atoms with E-state index in [0.717, 1.165) is 21.9 Å². The molecule has 6 heteroatoms. The number of pyridine rings is 1. The van der Waals surface area contributed by atoms with Crippen molar-refractivity contribution in [3.8, 4) is 5.88 Å². The van der Waals surface area contributed by atoms with E-state index in [9.17, 15) is 4.39 Å². The van der Waals surface area contributed by atoms with Crippen LogP contribution in [0, 0.1) is 12.7 Å². The Hall–Kier alpha value is -2.73. The number of rotatable bonds is 7. The van der Waals surface area contributed by atoms with Crippen molar-refractivity contribution < 1.29 is 9.13 Å². The topological polar surface area (TPSA) is 46.5 Å². The third kappa shape index (κ3) is 4.75. The summed E-state index contributed by atoms with van der Waals surface area (Å²) in [5, 5.41) is 3.29. The van der Waals surface area contributed by atoms with E-state index >= 15 is 0 Å². The molecule has 3 rings (SSSR count). The third-order valence-electron chi connectivity index (χ3n) is 4.37. The molecule has 2 aromatic carbocycles. The van der Waals surface area contributed by atoms with Crippen LogP contribution in [0.2, 0.25) is 0 Å². The molecule has 1 aromatic heterocycles. The Balaban J connectivity index is 1.92. The molecule has 0 saturated heterocycles. The van der Waals surface area contributed by atoms with Gasteiger partial charge in [0.05, 0.1) is 24.7 Å². The maximum Gasteiger partial charge on any atom is 0.213 e. The highest BCUT2D eigenvalue weighted by molar-refractivity contribution is 7.87. The number of ether oxygens (including phenoxy) is 1. The molecule has 0 aliphatic rings. The number of para-hydroxylation sites is 1. The summed E-state index contributed by atoms with van der Waals surface area (Å²) in [6.45, 7) is 4.67. The summed E-state index contributed by atoms with van der Waals surface area (Å²) in [5.74, 6) is 1.05. The van der Waals surface area contributed by atoms with Gasteiger partial charge in [-0.2, -0.15) is 0 Å². The molecule has 4 nitrogen and oxygen atoms in total. The smallest absolute Gasteiger partial charge is 0.213 e. The van der Waals surface area contributed by atoms with Crippen LogP contribution in [0.3, 0.4) is 0 Å². The van der Waals surface area contributed by atoms with Crippen molar-refractivity contribution in [3.63, 3.8) is 0 Å². The minimum absolute atomic E-state index is 0.264. The number of halogens is 1. The predicted octanol–water partition coefficient (Wildman–Crippen LogP) is 5.66. The first-order valence-electron chi connectivity index (χ1n) is 9.12. The van der Waals surface area contributed by atoms with Crippen molar-refractivity contribution in [2.24, 2.45) is 4.36 Å². The number of nitrogens with zero attached hydrogens (tertiary/aromatic N) is 2. The van der Waals surface area contributed by atoms with Crippen LogP contribution in [0.15, 0.2) is 70.1 Å². The zero-order chi connectivity index (χ0) is 19.9. The van der Waals surface area contributed by atoms with Gasteiger partial charge in [0, 0.05) is 23.3 Å². The quantitative estimate of drug-likeness (QED) is 0.559. The molecule has 0 saturated carbocycles. The van der Waals surface area contributed by atoms with Crippen LogP contribution in [0.25, 0.3) is 0 Å². The fraction of sp³-hybridized carbons (Fsp3) is 0.227. The number of aromatic nitrogens is 1. The fourth-order valence-electron chi connectivity index (χ4n) is 2.81. The number of hydrogen-bond acceptors (Lipinski definition) is 4. The van der Waals surface area contributed by atoms with Gasteiger partial charge < -0.3 is 10.1 Å². The maximum atomic E-state index is 14.7. The Morgan fingerprint density at radius 1 is 1.11 bits per heavy atom. The molecule has 3 aromatic rings. The zero-order valence-corrected chi connectivity index (χ0v) is 17.1. The van der Waals surface area contributed by atoms with Crippen LogP contribution in [0.4, 0.5) is 15.8 Å². The molecular weight excluding hydrogens is 373 g/mol. The normalized spacial score (nSPS) is 12.0. The summed E-state index contributed by atoms with van der Waals surface area (Å²) in [4.78, 5) is 5.07. The SMILES string of the molecule is CCS(=Nc1ccc(OC)nc1)c1cccc(F)c1NCc1ccccc1C. The van der Waals surface area contributed by atoms with Crippen LogP contribution in [0.1, 0.15) is 18.1 Å². The van der Waals surface area contributed by atoms with Gasteiger partial charge in [0.1, 0.15) is 5.82 Å². The number of hydrogen-bond donors (Lipinski definition) is 1. The molecule has 0 radical (unpaired) electrons. The molecule has 0 spiro atoms. The molecule has 1 unspecified atom stereocenters. The van der Waals surface area contributed by atoms with Crippen molar-refractivity contribution in [1.29, 1.82) is 0 Å². The lowest BCUT2D eigenvalue weighted by Gasteiger charge is -2.16. The van der Waals surface area contributed by atoms with E-state index in [1.807, 2.05) is 24.3 Å². The van der Waals surface area contributed by atoms with E-state index in [1.165, 1.54) is 11.6 Å². The Kier molecular flexibility index (Phi) is 6.76. The number of anilines is 1. The lowest BCUT2D eigenvalue weighted by Crippen LogP contribution is -2.07. The molecule has 28 heavy (non-hydrogen) atoms. The van der Waals surface area contributed by atoms with Crippen molar-refractivity contribution in [3.05, 3.63) is 77.7 Å². The van der Waals surface area contributed by atoms with Gasteiger partial charge >= 0.3 is 0 Å². The van der Waals surface area contributed by atoms with Gasteiger partial charge in [-0.1, -0.05) is 47.9 Å². The van der Waals surface area contributed by atoms with Gasteiger partial charge in [0.15, 0.2) is 0 Å². The van der Waals surface area contributed by atoms with E-state index < -0.39 is 10.7 Å². The van der Waals surface area contributed by atoms with Crippen LogP contribution < -0.4 is 10.1 Å². The molecule has 0 aliphatic heterocycles. The second-order valence-electron chi connectivity index (χ2n) is 6.20. The van der Waals surface area contributed by atoms with Crippen molar-refractivity contribution in [2.75, 3.05) is 18.2 Å². The number of aryl methyl sites for hydroxylation is 1. The summed E-state index contributed by atoms with van der Waals surface area (Å²) < 4.78 is 24.6. The first-order chi connectivity index (χ1) is 13.6. The van der Waals surface area contributed by atoms with Crippen molar-refractivity contribution in [2.45, 2.75) is 25.3 Å². The summed E-state index contributed by atoms with van der Waals surface area (Å²) in [7, 11) is 1.08. The molecule has 1 N–H and O–H groups in total. The number of methoxy groups -OCH3 is 1. The van der Waals surface area contributed by atoms with E-state index in [2.05, 4.69) is 36.3 Å². The highest BCUT2D eigenvalue weighted by Crippen LogP contribution is 2.28. The Labute approximate surface area is 167 Å². The third-order valence-corrected chi connectivity index (χ3v) is 6.19. The maximum absolute atomic E-state index is 14.7. The summed E-state index contributed by atoms with van der Waals surface area (Å²) in [6, 6.07) is 16.9. The van der Waals surface area contributed by atoms with E-state index in [1.54, 1.807) is 25.4 Å². The molecule has 146 valence electrons. The summed E-state index contributed by atoms with van der Waals surface area (Å²) >= 11 is 0. The average molecular weight is 398 g/mol. The Morgan fingerprint density at radius 3 is 2.61 bits per heavy atom. The van der Waals surface area contributed by atoms with Gasteiger partial charge in [-0.05, 0) is 36.2 Å². The van der Waals surface area contributed by atoms with Gasteiger partial charge in [0.25, 0.3) is 0 Å². The van der Waals surface area contributed by atoms with Gasteiger partial charge in [-0.25, -0.2) is 13.7 Å². The van der Waals surface area contributed by atoms with Crippen LogP contribution in [-0.2, 0) is 17.2 Å². The highest BCUT2D eigenvalue weighted by Gasteiger charge is 2.12. The molecule has 1 heterocycles. The zero-order valence-electron chi connectivity index (χ0n) is 16.3. The summed E-state index contributed by atoms with van der Waals surface area (Å²) in [6.07, 6.45) is 1.67. The van der Waals surface area contributed by atoms with Gasteiger partial charge in [-0.15, -0.1) is 0 Å². The van der Waals surface area contributed by atoms with Crippen LogP contribution in [-0.4, -0.2) is 17.8 Å². The van der Waals surface area contributed by atoms with Crippen molar-refractivity contribution in [1.82, 2.24) is 4.98 Å². The minimum Gasteiger partial charge on any atom is -0.481 e. The van der Waals surface area contributed by atoms with Crippen LogP contribution in [0.5, 0.6) is 5.88 Å². The van der Waals surface area contributed by atoms with Gasteiger partial charge in [-0.3, -0.25) is 0 Å². The second-order valence-corrected chi connectivity index (χ2v) is 8.13. The lowest BCUT2D eigenvalue weighted by molar-refractivity contribution is 0.398. The fourth-order valence-corrected chi connectivity index (χ4v) is 4.35. The van der Waals surface area contributed by atoms with E-state index in [0.29, 0.717) is 18.1 Å².